The Bertz CT molecular complexity index is 1720. The number of methoxy groups -OCH3 is 2. The maximum absolute atomic E-state index is 12.7. The van der Waals surface area contributed by atoms with Gasteiger partial charge in [-0.15, -0.1) is 0 Å². The highest BCUT2D eigenvalue weighted by Crippen LogP contribution is 2.23. The summed E-state index contributed by atoms with van der Waals surface area (Å²) >= 11 is 0. The topological polar surface area (TPSA) is 122 Å². The molecule has 0 aromatic heterocycles. The molecule has 2 heterocycles. The summed E-state index contributed by atoms with van der Waals surface area (Å²) in [5.41, 5.74) is 3.43. The van der Waals surface area contributed by atoms with Crippen LogP contribution >= 0.6 is 0 Å². The molecule has 1 amide bonds. The number of hydrogen-bond acceptors (Lipinski definition) is 7. The van der Waals surface area contributed by atoms with E-state index in [0.29, 0.717) is 37.1 Å². The van der Waals surface area contributed by atoms with Gasteiger partial charge in [0.1, 0.15) is 0 Å². The number of piperidine rings is 2. The summed E-state index contributed by atoms with van der Waals surface area (Å²) in [6.45, 7) is 7.17. The summed E-state index contributed by atoms with van der Waals surface area (Å²) in [6, 6.07) is 23.2. The second-order valence-corrected chi connectivity index (χ2v) is 12.1. The quantitative estimate of drug-likeness (QED) is 0.215. The SMILES string of the molecule is C.C.COC(=O)C1CCN(C(=O)c2ccc3cc(C)ccc3c2)CC1.COC(=O)C1CCNCC1.Cc1ccc2cc(C(=O)O)ccc2c1. The van der Waals surface area contributed by atoms with Gasteiger partial charge in [0, 0.05) is 18.7 Å². The average molecular weight is 673 g/mol. The van der Waals surface area contributed by atoms with Gasteiger partial charge in [-0.2, -0.15) is 0 Å². The van der Waals surface area contributed by atoms with Gasteiger partial charge in [0.15, 0.2) is 0 Å². The van der Waals surface area contributed by atoms with E-state index < -0.39 is 5.97 Å². The number of ether oxygens (including phenoxy) is 2. The van der Waals surface area contributed by atoms with Crippen LogP contribution in [0.1, 0.15) is 72.4 Å². The van der Waals surface area contributed by atoms with E-state index in [0.717, 1.165) is 47.5 Å². The molecule has 2 saturated heterocycles. The molecule has 264 valence electrons. The van der Waals surface area contributed by atoms with Crippen molar-refractivity contribution in [2.45, 2.75) is 54.4 Å². The molecule has 0 aliphatic carbocycles. The third kappa shape index (κ3) is 11.1. The molecular formula is C40H52N2O7. The predicted molar refractivity (Wildman–Crippen MR) is 196 cm³/mol. The van der Waals surface area contributed by atoms with Gasteiger partial charge < -0.3 is 24.8 Å². The van der Waals surface area contributed by atoms with Crippen LogP contribution in [-0.2, 0) is 19.1 Å². The predicted octanol–water partition coefficient (Wildman–Crippen LogP) is 7.45. The number of carbonyl (C=O) groups is 4. The Morgan fingerprint density at radius 2 is 1.04 bits per heavy atom. The molecule has 2 N–H and O–H groups in total. The van der Waals surface area contributed by atoms with Gasteiger partial charge in [0.25, 0.3) is 5.91 Å². The van der Waals surface area contributed by atoms with E-state index in [1.807, 2.05) is 60.4 Å². The molecule has 9 nitrogen and oxygen atoms in total. The van der Waals surface area contributed by atoms with E-state index in [1.54, 1.807) is 12.1 Å². The van der Waals surface area contributed by atoms with Crippen molar-refractivity contribution in [1.82, 2.24) is 10.2 Å². The lowest BCUT2D eigenvalue weighted by Gasteiger charge is -2.30. The zero-order valence-electron chi connectivity index (χ0n) is 27.6. The van der Waals surface area contributed by atoms with E-state index in [1.165, 1.54) is 25.3 Å². The number of carboxylic acids is 1. The molecule has 9 heteroatoms. The van der Waals surface area contributed by atoms with Crippen molar-refractivity contribution in [3.05, 3.63) is 95.1 Å². The van der Waals surface area contributed by atoms with Crippen LogP contribution in [0.15, 0.2) is 72.8 Å². The Balaban J connectivity index is 0.000000274. The Morgan fingerprint density at radius 1 is 0.633 bits per heavy atom. The van der Waals surface area contributed by atoms with E-state index in [-0.39, 0.29) is 44.5 Å². The molecule has 0 saturated carbocycles. The molecule has 0 unspecified atom stereocenters. The number of benzene rings is 4. The van der Waals surface area contributed by atoms with E-state index >= 15 is 0 Å². The zero-order valence-corrected chi connectivity index (χ0v) is 27.6. The monoisotopic (exact) mass is 672 g/mol. The minimum atomic E-state index is -0.882. The van der Waals surface area contributed by atoms with Gasteiger partial charge in [0.05, 0.1) is 31.6 Å². The number of hydrogen-bond donors (Lipinski definition) is 2. The van der Waals surface area contributed by atoms with Crippen LogP contribution in [0.4, 0.5) is 0 Å². The molecule has 0 spiro atoms. The van der Waals surface area contributed by atoms with Crippen molar-refractivity contribution in [2.75, 3.05) is 40.4 Å². The molecule has 6 rings (SSSR count). The van der Waals surface area contributed by atoms with Crippen LogP contribution in [0.5, 0.6) is 0 Å². The van der Waals surface area contributed by atoms with E-state index in [9.17, 15) is 19.2 Å². The van der Waals surface area contributed by atoms with Gasteiger partial charge in [-0.3, -0.25) is 14.4 Å². The second-order valence-electron chi connectivity index (χ2n) is 12.1. The maximum Gasteiger partial charge on any atom is 0.335 e. The number of fused-ring (bicyclic) bond motifs is 2. The number of nitrogens with one attached hydrogen (secondary N) is 1. The van der Waals surface area contributed by atoms with Gasteiger partial charge in [-0.05, 0) is 98.4 Å². The number of rotatable bonds is 4. The van der Waals surface area contributed by atoms with Gasteiger partial charge in [0.2, 0.25) is 0 Å². The number of esters is 2. The molecule has 0 atom stereocenters. The molecule has 4 aromatic carbocycles. The summed E-state index contributed by atoms with van der Waals surface area (Å²) in [5.74, 6) is -1.00. The summed E-state index contributed by atoms with van der Waals surface area (Å²) in [4.78, 5) is 47.7. The minimum absolute atomic E-state index is 0. The molecule has 49 heavy (non-hydrogen) atoms. The number of aryl methyl sites for hydroxylation is 2. The lowest BCUT2D eigenvalue weighted by Crippen LogP contribution is -2.40. The minimum Gasteiger partial charge on any atom is -0.478 e. The third-order valence-corrected chi connectivity index (χ3v) is 8.68. The highest BCUT2D eigenvalue weighted by molar-refractivity contribution is 5.99. The van der Waals surface area contributed by atoms with Crippen LogP contribution in [0, 0.1) is 25.7 Å². The Kier molecular flexibility index (Phi) is 15.9. The average Bonchev–Trinajstić information content (AvgIpc) is 3.11. The highest BCUT2D eigenvalue weighted by Gasteiger charge is 2.28. The Labute approximate surface area is 290 Å². The van der Waals surface area contributed by atoms with Crippen LogP contribution in [-0.4, -0.2) is 74.2 Å². The highest BCUT2D eigenvalue weighted by atomic mass is 16.5. The fourth-order valence-corrected chi connectivity index (χ4v) is 5.89. The van der Waals surface area contributed by atoms with Gasteiger partial charge in [-0.1, -0.05) is 74.5 Å². The third-order valence-electron chi connectivity index (χ3n) is 8.68. The van der Waals surface area contributed by atoms with Gasteiger partial charge >= 0.3 is 17.9 Å². The van der Waals surface area contributed by atoms with Crippen LogP contribution in [0.2, 0.25) is 0 Å². The molecule has 4 aromatic rings. The number of amides is 1. The fourth-order valence-electron chi connectivity index (χ4n) is 5.89. The van der Waals surface area contributed by atoms with Crippen molar-refractivity contribution < 1.29 is 33.8 Å². The van der Waals surface area contributed by atoms with E-state index in [4.69, 9.17) is 9.84 Å². The number of likely N-dealkylation sites (tertiary alicyclic amines) is 1. The van der Waals surface area contributed by atoms with Crippen LogP contribution < -0.4 is 5.32 Å². The maximum atomic E-state index is 12.7. The molecule has 2 aliphatic rings. The Hall–Kier alpha value is -4.76. The lowest BCUT2D eigenvalue weighted by molar-refractivity contribution is -0.147. The second kappa shape index (κ2) is 19.3. The largest absolute Gasteiger partial charge is 0.478 e. The normalized spacial score (nSPS) is 14.5. The first-order valence-electron chi connectivity index (χ1n) is 16.0. The van der Waals surface area contributed by atoms with Crippen molar-refractivity contribution >= 4 is 45.4 Å². The van der Waals surface area contributed by atoms with Crippen molar-refractivity contribution in [1.29, 1.82) is 0 Å². The molecule has 0 bridgehead atoms. The van der Waals surface area contributed by atoms with Gasteiger partial charge in [-0.25, -0.2) is 4.79 Å². The van der Waals surface area contributed by atoms with E-state index in [2.05, 4.69) is 29.1 Å². The molecule has 0 radical (unpaired) electrons. The van der Waals surface area contributed by atoms with Crippen LogP contribution in [0.25, 0.3) is 21.5 Å². The Morgan fingerprint density at radius 3 is 1.51 bits per heavy atom. The number of carboxylic acid groups (broad SMARTS) is 1. The molecule has 2 aliphatic heterocycles. The first-order chi connectivity index (χ1) is 22.6. The number of nitrogens with zero attached hydrogens (tertiary/aromatic N) is 1. The summed E-state index contributed by atoms with van der Waals surface area (Å²) < 4.78 is 9.41. The summed E-state index contributed by atoms with van der Waals surface area (Å²) in [5, 5.41) is 16.3. The fraction of sp³-hybridized carbons (Fsp3) is 0.400. The van der Waals surface area contributed by atoms with Crippen molar-refractivity contribution in [3.8, 4) is 0 Å². The molecular weight excluding hydrogens is 620 g/mol. The summed E-state index contributed by atoms with van der Waals surface area (Å²) in [6.07, 6.45) is 3.19. The van der Waals surface area contributed by atoms with Crippen molar-refractivity contribution in [2.24, 2.45) is 11.8 Å². The number of carbonyl (C=O) groups excluding carboxylic acids is 3. The molecule has 2 fully saturated rings. The van der Waals surface area contributed by atoms with Crippen LogP contribution in [0.3, 0.4) is 0 Å². The summed E-state index contributed by atoms with van der Waals surface area (Å²) in [7, 11) is 2.86. The zero-order chi connectivity index (χ0) is 33.9. The smallest absolute Gasteiger partial charge is 0.335 e. The van der Waals surface area contributed by atoms with Crippen molar-refractivity contribution in [3.63, 3.8) is 0 Å². The number of aromatic carboxylic acids is 1. The first-order valence-corrected chi connectivity index (χ1v) is 16.0. The first kappa shape index (κ1) is 40.4. The lowest BCUT2D eigenvalue weighted by atomic mass is 9.96. The standard InChI is InChI=1S/C19H21NO3.C12H10O2.C7H13NO2.2CH4/c1-13-3-4-16-12-17(6-5-15(16)11-13)18(21)20-9-7-14(8-10-20)19(22)23-2;1-8-2-3-10-7-11(12(13)14)5-4-9(10)6-8;1-10-7(9)6-2-4-8-5-3-6;;/h3-6,11-12,14H,7-10H2,1-2H3;2-7H,1H3,(H,13,14);6,8H,2-5H2,1H3;2*1H4.